The van der Waals surface area contributed by atoms with Crippen LogP contribution in [0.1, 0.15) is 39.7 Å². The molecule has 0 aromatic heterocycles. The number of hydrogen-bond acceptors (Lipinski definition) is 2. The summed E-state index contributed by atoms with van der Waals surface area (Å²) in [5, 5.41) is 6.28. The van der Waals surface area contributed by atoms with Crippen molar-refractivity contribution in [2.45, 2.75) is 46.1 Å². The fraction of sp³-hybridized carbons (Fsp3) is 0.533. The standard InChI is InChI=1S/C15H24N2O/c1-5-12-8-6-7-9-13(12)16-11-10-14(18)17-15(2,3)4/h6-9,16H,5,10-11H2,1-4H3,(H,17,18). The zero-order valence-electron chi connectivity index (χ0n) is 11.8. The molecule has 3 heteroatoms. The normalized spacial score (nSPS) is 11.1. The summed E-state index contributed by atoms with van der Waals surface area (Å²) in [5.74, 6) is 0.0870. The summed E-state index contributed by atoms with van der Waals surface area (Å²) < 4.78 is 0. The predicted molar refractivity (Wildman–Crippen MR) is 76.8 cm³/mol. The molecule has 0 heterocycles. The lowest BCUT2D eigenvalue weighted by Gasteiger charge is -2.20. The van der Waals surface area contributed by atoms with E-state index in [9.17, 15) is 4.79 Å². The summed E-state index contributed by atoms with van der Waals surface area (Å²) in [4.78, 5) is 11.7. The topological polar surface area (TPSA) is 41.1 Å². The molecular formula is C15H24N2O. The largest absolute Gasteiger partial charge is 0.384 e. The second-order valence-corrected chi connectivity index (χ2v) is 5.49. The van der Waals surface area contributed by atoms with E-state index in [4.69, 9.17) is 0 Å². The Morgan fingerprint density at radius 2 is 1.89 bits per heavy atom. The molecule has 0 aliphatic heterocycles. The molecule has 0 bridgehead atoms. The monoisotopic (exact) mass is 248 g/mol. The van der Waals surface area contributed by atoms with E-state index in [1.807, 2.05) is 32.9 Å². The van der Waals surface area contributed by atoms with E-state index in [-0.39, 0.29) is 11.4 Å². The molecule has 0 radical (unpaired) electrons. The number of benzene rings is 1. The van der Waals surface area contributed by atoms with E-state index >= 15 is 0 Å². The smallest absolute Gasteiger partial charge is 0.222 e. The van der Waals surface area contributed by atoms with Crippen molar-refractivity contribution in [1.29, 1.82) is 0 Å². The SMILES string of the molecule is CCc1ccccc1NCCC(=O)NC(C)(C)C. The van der Waals surface area contributed by atoms with Crippen molar-refractivity contribution in [3.8, 4) is 0 Å². The molecule has 1 amide bonds. The zero-order chi connectivity index (χ0) is 13.6. The number of carbonyl (C=O) groups is 1. The first-order chi connectivity index (χ1) is 8.42. The van der Waals surface area contributed by atoms with Crippen LogP contribution in [-0.4, -0.2) is 18.0 Å². The number of rotatable bonds is 5. The second kappa shape index (κ2) is 6.43. The van der Waals surface area contributed by atoms with Gasteiger partial charge in [0.1, 0.15) is 0 Å². The van der Waals surface area contributed by atoms with Gasteiger partial charge >= 0.3 is 0 Å². The van der Waals surface area contributed by atoms with Crippen LogP contribution in [-0.2, 0) is 11.2 Å². The number of hydrogen-bond donors (Lipinski definition) is 2. The maximum Gasteiger partial charge on any atom is 0.222 e. The van der Waals surface area contributed by atoms with Crippen LogP contribution in [0.4, 0.5) is 5.69 Å². The van der Waals surface area contributed by atoms with Crippen LogP contribution in [0.2, 0.25) is 0 Å². The lowest BCUT2D eigenvalue weighted by molar-refractivity contribution is -0.122. The third-order valence-electron chi connectivity index (χ3n) is 2.58. The Kier molecular flexibility index (Phi) is 5.20. The third-order valence-corrected chi connectivity index (χ3v) is 2.58. The van der Waals surface area contributed by atoms with E-state index in [1.165, 1.54) is 5.56 Å². The van der Waals surface area contributed by atoms with Gasteiger partial charge in [-0.05, 0) is 38.8 Å². The Bertz CT molecular complexity index is 394. The Hall–Kier alpha value is -1.51. The van der Waals surface area contributed by atoms with E-state index in [0.717, 1.165) is 12.1 Å². The Labute approximate surface area is 110 Å². The first-order valence-corrected chi connectivity index (χ1v) is 6.55. The number of anilines is 1. The Morgan fingerprint density at radius 3 is 2.50 bits per heavy atom. The Balaban J connectivity index is 2.40. The molecule has 3 nitrogen and oxygen atoms in total. The molecule has 0 aliphatic carbocycles. The summed E-state index contributed by atoms with van der Waals surface area (Å²) in [5.41, 5.74) is 2.26. The van der Waals surface area contributed by atoms with Crippen LogP contribution in [0.3, 0.4) is 0 Å². The van der Waals surface area contributed by atoms with E-state index in [2.05, 4.69) is 29.7 Å². The van der Waals surface area contributed by atoms with Crippen LogP contribution in [0.25, 0.3) is 0 Å². The van der Waals surface area contributed by atoms with Gasteiger partial charge in [0.15, 0.2) is 0 Å². The van der Waals surface area contributed by atoms with Crippen molar-refractivity contribution < 1.29 is 4.79 Å². The summed E-state index contributed by atoms with van der Waals surface area (Å²) in [6.45, 7) is 8.77. The van der Waals surface area contributed by atoms with Crippen molar-refractivity contribution in [3.05, 3.63) is 29.8 Å². The summed E-state index contributed by atoms with van der Waals surface area (Å²) in [6, 6.07) is 8.21. The first kappa shape index (κ1) is 14.6. The quantitative estimate of drug-likeness (QED) is 0.841. The average molecular weight is 248 g/mol. The van der Waals surface area contributed by atoms with Crippen molar-refractivity contribution in [2.75, 3.05) is 11.9 Å². The van der Waals surface area contributed by atoms with Gasteiger partial charge in [-0.25, -0.2) is 0 Å². The van der Waals surface area contributed by atoms with Gasteiger partial charge in [-0.1, -0.05) is 25.1 Å². The van der Waals surface area contributed by atoms with Crippen LogP contribution < -0.4 is 10.6 Å². The maximum absolute atomic E-state index is 11.7. The zero-order valence-corrected chi connectivity index (χ0v) is 11.8. The summed E-state index contributed by atoms with van der Waals surface area (Å²) >= 11 is 0. The van der Waals surface area contributed by atoms with Crippen LogP contribution in [0.5, 0.6) is 0 Å². The number of para-hydroxylation sites is 1. The maximum atomic E-state index is 11.7. The van der Waals surface area contributed by atoms with Gasteiger partial charge < -0.3 is 10.6 Å². The fourth-order valence-electron chi connectivity index (χ4n) is 1.79. The minimum atomic E-state index is -0.154. The van der Waals surface area contributed by atoms with Gasteiger partial charge in [0.2, 0.25) is 5.91 Å². The van der Waals surface area contributed by atoms with Crippen molar-refractivity contribution in [2.24, 2.45) is 0 Å². The molecule has 1 aromatic carbocycles. The van der Waals surface area contributed by atoms with E-state index in [0.29, 0.717) is 13.0 Å². The highest BCUT2D eigenvalue weighted by molar-refractivity contribution is 5.77. The fourth-order valence-corrected chi connectivity index (χ4v) is 1.79. The molecule has 18 heavy (non-hydrogen) atoms. The molecule has 0 fully saturated rings. The molecule has 0 saturated heterocycles. The lowest BCUT2D eigenvalue weighted by atomic mass is 10.1. The van der Waals surface area contributed by atoms with E-state index < -0.39 is 0 Å². The van der Waals surface area contributed by atoms with Gasteiger partial charge in [0.05, 0.1) is 0 Å². The predicted octanol–water partition coefficient (Wildman–Crippen LogP) is 2.97. The lowest BCUT2D eigenvalue weighted by Crippen LogP contribution is -2.41. The van der Waals surface area contributed by atoms with E-state index in [1.54, 1.807) is 0 Å². The molecule has 1 aromatic rings. The second-order valence-electron chi connectivity index (χ2n) is 5.49. The van der Waals surface area contributed by atoms with Gasteiger partial charge in [-0.2, -0.15) is 0 Å². The Morgan fingerprint density at radius 1 is 1.22 bits per heavy atom. The molecule has 0 unspecified atom stereocenters. The minimum absolute atomic E-state index is 0.0870. The van der Waals surface area contributed by atoms with Crippen LogP contribution in [0, 0.1) is 0 Å². The van der Waals surface area contributed by atoms with Crippen molar-refractivity contribution in [3.63, 3.8) is 0 Å². The molecule has 1 rings (SSSR count). The van der Waals surface area contributed by atoms with Gasteiger partial charge in [0.25, 0.3) is 0 Å². The minimum Gasteiger partial charge on any atom is -0.384 e. The summed E-state index contributed by atoms with van der Waals surface area (Å²) in [6.07, 6.45) is 1.49. The number of amides is 1. The molecule has 0 aliphatic rings. The number of carbonyl (C=O) groups excluding carboxylic acids is 1. The van der Waals surface area contributed by atoms with Crippen LogP contribution >= 0.6 is 0 Å². The molecule has 0 atom stereocenters. The molecule has 100 valence electrons. The van der Waals surface area contributed by atoms with Crippen LogP contribution in [0.15, 0.2) is 24.3 Å². The van der Waals surface area contributed by atoms with Gasteiger partial charge in [-0.15, -0.1) is 0 Å². The third kappa shape index (κ3) is 5.21. The number of nitrogens with one attached hydrogen (secondary N) is 2. The molecule has 2 N–H and O–H groups in total. The summed E-state index contributed by atoms with van der Waals surface area (Å²) in [7, 11) is 0. The highest BCUT2D eigenvalue weighted by atomic mass is 16.1. The molecular weight excluding hydrogens is 224 g/mol. The highest BCUT2D eigenvalue weighted by Gasteiger charge is 2.12. The van der Waals surface area contributed by atoms with Gasteiger partial charge in [-0.3, -0.25) is 4.79 Å². The molecule has 0 saturated carbocycles. The van der Waals surface area contributed by atoms with Crippen molar-refractivity contribution in [1.82, 2.24) is 5.32 Å². The molecule has 0 spiro atoms. The van der Waals surface area contributed by atoms with Crippen molar-refractivity contribution >= 4 is 11.6 Å². The highest BCUT2D eigenvalue weighted by Crippen LogP contribution is 2.15. The number of aryl methyl sites for hydroxylation is 1. The average Bonchev–Trinajstić information content (AvgIpc) is 2.27. The first-order valence-electron chi connectivity index (χ1n) is 6.55. The van der Waals surface area contributed by atoms with Gasteiger partial charge in [0, 0.05) is 24.2 Å².